The Balaban J connectivity index is 1.98. The van der Waals surface area contributed by atoms with E-state index in [0.29, 0.717) is 0 Å². The van der Waals surface area contributed by atoms with E-state index in [-0.39, 0.29) is 6.04 Å². The molecule has 0 fully saturated rings. The first-order chi connectivity index (χ1) is 9.29. The van der Waals surface area contributed by atoms with Gasteiger partial charge in [0, 0.05) is 29.7 Å². The summed E-state index contributed by atoms with van der Waals surface area (Å²) >= 11 is 0. The van der Waals surface area contributed by atoms with Gasteiger partial charge in [-0.25, -0.2) is 0 Å². The summed E-state index contributed by atoms with van der Waals surface area (Å²) in [6.45, 7) is 2.97. The minimum atomic E-state index is 0.171. The van der Waals surface area contributed by atoms with Crippen LogP contribution in [-0.2, 0) is 19.4 Å². The Morgan fingerprint density at radius 2 is 2.16 bits per heavy atom. The Morgan fingerprint density at radius 3 is 2.89 bits per heavy atom. The molecule has 2 aromatic rings. The third kappa shape index (κ3) is 2.28. The summed E-state index contributed by atoms with van der Waals surface area (Å²) in [4.78, 5) is 4.06. The number of nitrogens with zero attached hydrogens (tertiary/aromatic N) is 3. The van der Waals surface area contributed by atoms with Crippen LogP contribution in [0, 0.1) is 0 Å². The molecule has 19 heavy (non-hydrogen) atoms. The number of pyridine rings is 1. The van der Waals surface area contributed by atoms with Crippen LogP contribution in [0.5, 0.6) is 0 Å². The fourth-order valence-electron chi connectivity index (χ4n) is 2.94. The predicted molar refractivity (Wildman–Crippen MR) is 74.8 cm³/mol. The van der Waals surface area contributed by atoms with Crippen molar-refractivity contribution in [1.29, 1.82) is 0 Å². The van der Waals surface area contributed by atoms with Gasteiger partial charge >= 0.3 is 0 Å². The van der Waals surface area contributed by atoms with Gasteiger partial charge in [0.2, 0.25) is 0 Å². The van der Waals surface area contributed by atoms with Gasteiger partial charge in [-0.1, -0.05) is 6.92 Å². The van der Waals surface area contributed by atoms with Crippen LogP contribution < -0.4 is 5.73 Å². The Hall–Kier alpha value is -1.68. The van der Waals surface area contributed by atoms with E-state index in [2.05, 4.69) is 16.6 Å². The van der Waals surface area contributed by atoms with Gasteiger partial charge in [-0.05, 0) is 43.4 Å². The van der Waals surface area contributed by atoms with Crippen molar-refractivity contribution in [2.75, 3.05) is 0 Å². The molecule has 0 aliphatic heterocycles. The molecule has 0 amide bonds. The van der Waals surface area contributed by atoms with Gasteiger partial charge in [-0.2, -0.15) is 5.10 Å². The lowest BCUT2D eigenvalue weighted by Crippen LogP contribution is -2.19. The standard InChI is InChI=1S/C15H20N4/c1-2-13-15-12(16)4-3-5-14(15)19(18-13)10-11-6-8-17-9-7-11/h6-9,12H,2-5,10,16H2,1H3. The minimum Gasteiger partial charge on any atom is -0.324 e. The second-order valence-corrected chi connectivity index (χ2v) is 5.17. The zero-order valence-electron chi connectivity index (χ0n) is 11.3. The highest BCUT2D eigenvalue weighted by Gasteiger charge is 2.25. The van der Waals surface area contributed by atoms with E-state index in [4.69, 9.17) is 10.8 Å². The van der Waals surface area contributed by atoms with Gasteiger partial charge in [-0.3, -0.25) is 9.67 Å². The molecule has 1 atom stereocenters. The molecule has 3 rings (SSSR count). The number of hydrogen-bond donors (Lipinski definition) is 1. The normalized spacial score (nSPS) is 18.3. The highest BCUT2D eigenvalue weighted by atomic mass is 15.3. The quantitative estimate of drug-likeness (QED) is 0.916. The Kier molecular flexibility index (Phi) is 3.34. The third-order valence-corrected chi connectivity index (χ3v) is 3.89. The SMILES string of the molecule is CCc1nn(Cc2ccncc2)c2c1C(N)CCC2. The van der Waals surface area contributed by atoms with Gasteiger partial charge in [0.15, 0.2) is 0 Å². The molecule has 0 saturated heterocycles. The molecule has 0 spiro atoms. The summed E-state index contributed by atoms with van der Waals surface area (Å²) in [6, 6.07) is 4.26. The van der Waals surface area contributed by atoms with E-state index in [1.54, 1.807) is 0 Å². The third-order valence-electron chi connectivity index (χ3n) is 3.89. The van der Waals surface area contributed by atoms with Gasteiger partial charge in [-0.15, -0.1) is 0 Å². The van der Waals surface area contributed by atoms with Crippen molar-refractivity contribution in [1.82, 2.24) is 14.8 Å². The van der Waals surface area contributed by atoms with Crippen LogP contribution in [0.1, 0.15) is 48.3 Å². The second kappa shape index (κ2) is 5.13. The van der Waals surface area contributed by atoms with Crippen LogP contribution >= 0.6 is 0 Å². The zero-order chi connectivity index (χ0) is 13.2. The van der Waals surface area contributed by atoms with Crippen LogP contribution in [-0.4, -0.2) is 14.8 Å². The van der Waals surface area contributed by atoms with Gasteiger partial charge in [0.25, 0.3) is 0 Å². The lowest BCUT2D eigenvalue weighted by molar-refractivity contribution is 0.537. The molecule has 1 unspecified atom stereocenters. The van der Waals surface area contributed by atoms with Gasteiger partial charge in [0.05, 0.1) is 12.2 Å². The van der Waals surface area contributed by atoms with Gasteiger partial charge < -0.3 is 5.73 Å². The Bertz CT molecular complexity index is 559. The van der Waals surface area contributed by atoms with Crippen molar-refractivity contribution in [2.45, 2.75) is 45.2 Å². The molecule has 2 heterocycles. The number of rotatable bonds is 3. The smallest absolute Gasteiger partial charge is 0.0672 e. The molecule has 1 aliphatic rings. The fourth-order valence-corrected chi connectivity index (χ4v) is 2.94. The summed E-state index contributed by atoms with van der Waals surface area (Å²) in [5.41, 5.74) is 11.3. The molecule has 4 heteroatoms. The summed E-state index contributed by atoms with van der Waals surface area (Å²) in [7, 11) is 0. The average Bonchev–Trinajstić information content (AvgIpc) is 2.80. The number of hydrogen-bond acceptors (Lipinski definition) is 3. The lowest BCUT2D eigenvalue weighted by Gasteiger charge is -2.20. The summed E-state index contributed by atoms with van der Waals surface area (Å²) < 4.78 is 2.14. The van der Waals surface area contributed by atoms with Crippen molar-refractivity contribution >= 4 is 0 Å². The maximum atomic E-state index is 6.27. The predicted octanol–water partition coefficient (Wildman–Crippen LogP) is 2.22. The van der Waals surface area contributed by atoms with Crippen molar-refractivity contribution in [3.05, 3.63) is 47.0 Å². The molecule has 0 aromatic carbocycles. The van der Waals surface area contributed by atoms with Crippen LogP contribution in [0.25, 0.3) is 0 Å². The number of fused-ring (bicyclic) bond motifs is 1. The lowest BCUT2D eigenvalue weighted by atomic mass is 9.91. The maximum absolute atomic E-state index is 6.27. The van der Waals surface area contributed by atoms with Crippen molar-refractivity contribution in [2.24, 2.45) is 5.73 Å². The van der Waals surface area contributed by atoms with E-state index in [1.807, 2.05) is 24.5 Å². The van der Waals surface area contributed by atoms with Crippen molar-refractivity contribution < 1.29 is 0 Å². The second-order valence-electron chi connectivity index (χ2n) is 5.17. The van der Waals surface area contributed by atoms with E-state index >= 15 is 0 Å². The molecule has 2 aromatic heterocycles. The van der Waals surface area contributed by atoms with Crippen LogP contribution in [0.3, 0.4) is 0 Å². The monoisotopic (exact) mass is 256 g/mol. The topological polar surface area (TPSA) is 56.7 Å². The first-order valence-corrected chi connectivity index (χ1v) is 7.02. The van der Waals surface area contributed by atoms with Crippen LogP contribution in [0.15, 0.2) is 24.5 Å². The molecule has 1 aliphatic carbocycles. The number of nitrogens with two attached hydrogens (primary N) is 1. The van der Waals surface area contributed by atoms with Gasteiger partial charge in [0.1, 0.15) is 0 Å². The van der Waals surface area contributed by atoms with E-state index in [9.17, 15) is 0 Å². The van der Waals surface area contributed by atoms with E-state index in [0.717, 1.165) is 25.8 Å². The van der Waals surface area contributed by atoms with E-state index < -0.39 is 0 Å². The molecule has 100 valence electrons. The van der Waals surface area contributed by atoms with Crippen LogP contribution in [0.2, 0.25) is 0 Å². The van der Waals surface area contributed by atoms with Crippen molar-refractivity contribution in [3.8, 4) is 0 Å². The van der Waals surface area contributed by atoms with Crippen molar-refractivity contribution in [3.63, 3.8) is 0 Å². The Labute approximate surface area is 113 Å². The molecular formula is C15H20N4. The molecule has 0 radical (unpaired) electrons. The summed E-state index contributed by atoms with van der Waals surface area (Å²) in [5, 5.41) is 4.77. The Morgan fingerprint density at radius 1 is 1.37 bits per heavy atom. The number of aromatic nitrogens is 3. The minimum absolute atomic E-state index is 0.171. The molecule has 0 saturated carbocycles. The summed E-state index contributed by atoms with van der Waals surface area (Å²) in [6.07, 6.45) is 7.97. The highest BCUT2D eigenvalue weighted by molar-refractivity contribution is 5.32. The largest absolute Gasteiger partial charge is 0.324 e. The number of aryl methyl sites for hydroxylation is 1. The maximum Gasteiger partial charge on any atom is 0.0672 e. The highest BCUT2D eigenvalue weighted by Crippen LogP contribution is 2.31. The molecule has 4 nitrogen and oxygen atoms in total. The van der Waals surface area contributed by atoms with E-state index in [1.165, 1.54) is 28.9 Å². The zero-order valence-corrected chi connectivity index (χ0v) is 11.3. The first-order valence-electron chi connectivity index (χ1n) is 7.02. The average molecular weight is 256 g/mol. The molecular weight excluding hydrogens is 236 g/mol. The van der Waals surface area contributed by atoms with Crippen LogP contribution in [0.4, 0.5) is 0 Å². The first kappa shape index (κ1) is 12.4. The molecule has 0 bridgehead atoms. The fraction of sp³-hybridized carbons (Fsp3) is 0.467. The summed E-state index contributed by atoms with van der Waals surface area (Å²) in [5.74, 6) is 0. The molecule has 2 N–H and O–H groups in total.